The summed E-state index contributed by atoms with van der Waals surface area (Å²) >= 11 is 0. The maximum Gasteiger partial charge on any atom is 0.321 e. The minimum absolute atomic E-state index is 0.344. The molecular weight excluding hydrogens is 200 g/mol. The van der Waals surface area contributed by atoms with Gasteiger partial charge >= 0.3 is 6.01 Å². The average Bonchev–Trinajstić information content (AvgIpc) is 2.33. The van der Waals surface area contributed by atoms with Crippen LogP contribution in [-0.2, 0) is 0 Å². The van der Waals surface area contributed by atoms with Gasteiger partial charge in [0, 0.05) is 18.0 Å². The molecule has 0 amide bonds. The Morgan fingerprint density at radius 3 is 2.38 bits per heavy atom. The minimum Gasteiger partial charge on any atom is -0.424 e. The normalized spacial score (nSPS) is 9.06. The first-order valence-corrected chi connectivity index (χ1v) is 4.86. The van der Waals surface area contributed by atoms with Gasteiger partial charge in [-0.15, -0.1) is 5.92 Å². The molecule has 0 bridgehead atoms. The van der Waals surface area contributed by atoms with Crippen molar-refractivity contribution < 1.29 is 4.74 Å². The quantitative estimate of drug-likeness (QED) is 0.715. The summed E-state index contributed by atoms with van der Waals surface area (Å²) in [5.41, 5.74) is 0.962. The summed E-state index contributed by atoms with van der Waals surface area (Å²) in [6.45, 7) is 1.81. The van der Waals surface area contributed by atoms with Gasteiger partial charge in [-0.25, -0.2) is 9.97 Å². The second-order valence-corrected chi connectivity index (χ2v) is 3.03. The highest BCUT2D eigenvalue weighted by atomic mass is 16.5. The zero-order chi connectivity index (χ0) is 11.2. The standard InChI is InChI=1S/C13H10N2O/c1-2-4-11-5-7-12(8-6-11)16-13-14-9-3-10-15-13/h3,5-10H,1H3. The second-order valence-electron chi connectivity index (χ2n) is 3.03. The highest BCUT2D eigenvalue weighted by Crippen LogP contribution is 2.16. The molecule has 2 rings (SSSR count). The van der Waals surface area contributed by atoms with E-state index < -0.39 is 0 Å². The molecule has 0 N–H and O–H groups in total. The van der Waals surface area contributed by atoms with Crippen molar-refractivity contribution >= 4 is 0 Å². The molecule has 0 fully saturated rings. The second kappa shape index (κ2) is 4.94. The van der Waals surface area contributed by atoms with E-state index in [1.54, 1.807) is 18.5 Å². The molecule has 0 unspecified atom stereocenters. The summed E-state index contributed by atoms with van der Waals surface area (Å²) in [7, 11) is 0. The summed E-state index contributed by atoms with van der Waals surface area (Å²) < 4.78 is 5.44. The highest BCUT2D eigenvalue weighted by molar-refractivity contribution is 5.38. The molecule has 1 aromatic heterocycles. The van der Waals surface area contributed by atoms with Crippen molar-refractivity contribution in [3.63, 3.8) is 0 Å². The molecule has 0 aliphatic heterocycles. The zero-order valence-electron chi connectivity index (χ0n) is 8.84. The number of hydrogen-bond acceptors (Lipinski definition) is 3. The van der Waals surface area contributed by atoms with Crippen LogP contribution in [0.2, 0.25) is 0 Å². The number of rotatable bonds is 2. The molecule has 0 aliphatic rings. The van der Waals surface area contributed by atoms with Crippen LogP contribution in [0.4, 0.5) is 0 Å². The minimum atomic E-state index is 0.344. The van der Waals surface area contributed by atoms with E-state index in [0.29, 0.717) is 11.8 Å². The third-order valence-corrected chi connectivity index (χ3v) is 1.87. The van der Waals surface area contributed by atoms with E-state index >= 15 is 0 Å². The van der Waals surface area contributed by atoms with Gasteiger partial charge in [0.2, 0.25) is 0 Å². The fourth-order valence-electron chi connectivity index (χ4n) is 1.19. The van der Waals surface area contributed by atoms with E-state index in [4.69, 9.17) is 4.74 Å². The monoisotopic (exact) mass is 210 g/mol. The first-order valence-electron chi connectivity index (χ1n) is 4.86. The largest absolute Gasteiger partial charge is 0.424 e. The van der Waals surface area contributed by atoms with E-state index in [1.165, 1.54) is 0 Å². The third-order valence-electron chi connectivity index (χ3n) is 1.87. The van der Waals surface area contributed by atoms with Crippen LogP contribution >= 0.6 is 0 Å². The lowest BCUT2D eigenvalue weighted by Crippen LogP contribution is -1.89. The fourth-order valence-corrected chi connectivity index (χ4v) is 1.19. The summed E-state index contributed by atoms with van der Waals surface area (Å²) in [5.74, 6) is 6.50. The maximum atomic E-state index is 5.44. The van der Waals surface area contributed by atoms with Crippen LogP contribution in [0, 0.1) is 11.8 Å². The topological polar surface area (TPSA) is 35.0 Å². The Bertz CT molecular complexity index is 509. The van der Waals surface area contributed by atoms with Gasteiger partial charge < -0.3 is 4.74 Å². The molecule has 0 saturated carbocycles. The Labute approximate surface area is 94.1 Å². The third kappa shape index (κ3) is 2.58. The molecule has 78 valence electrons. The molecule has 3 heteroatoms. The highest BCUT2D eigenvalue weighted by Gasteiger charge is 1.97. The lowest BCUT2D eigenvalue weighted by atomic mass is 10.2. The molecule has 0 spiro atoms. The Balaban J connectivity index is 2.13. The van der Waals surface area contributed by atoms with Gasteiger partial charge in [-0.2, -0.15) is 0 Å². The van der Waals surface area contributed by atoms with E-state index in [-0.39, 0.29) is 0 Å². The molecule has 1 aromatic carbocycles. The van der Waals surface area contributed by atoms with Crippen LogP contribution < -0.4 is 4.74 Å². The van der Waals surface area contributed by atoms with Gasteiger partial charge in [0.05, 0.1) is 0 Å². The fraction of sp³-hybridized carbons (Fsp3) is 0.0769. The first kappa shape index (κ1) is 10.2. The Morgan fingerprint density at radius 1 is 1.06 bits per heavy atom. The van der Waals surface area contributed by atoms with Crippen LogP contribution in [0.3, 0.4) is 0 Å². The molecule has 0 aliphatic carbocycles. The molecular formula is C13H10N2O. The number of ether oxygens (including phenoxy) is 1. The smallest absolute Gasteiger partial charge is 0.321 e. The Hall–Kier alpha value is -2.34. The van der Waals surface area contributed by atoms with Gasteiger partial charge in [0.1, 0.15) is 5.75 Å². The number of nitrogens with zero attached hydrogens (tertiary/aromatic N) is 2. The van der Waals surface area contributed by atoms with Crippen LogP contribution in [0.1, 0.15) is 12.5 Å². The van der Waals surface area contributed by atoms with Gasteiger partial charge in [-0.05, 0) is 37.3 Å². The van der Waals surface area contributed by atoms with Crippen molar-refractivity contribution in [1.29, 1.82) is 0 Å². The zero-order valence-corrected chi connectivity index (χ0v) is 8.84. The van der Waals surface area contributed by atoms with Crippen molar-refractivity contribution in [2.45, 2.75) is 6.92 Å². The predicted molar refractivity (Wildman–Crippen MR) is 61.1 cm³/mol. The van der Waals surface area contributed by atoms with E-state index in [9.17, 15) is 0 Å². The summed E-state index contributed by atoms with van der Waals surface area (Å²) in [6, 6.07) is 9.57. The van der Waals surface area contributed by atoms with E-state index in [0.717, 1.165) is 5.56 Å². The molecule has 16 heavy (non-hydrogen) atoms. The predicted octanol–water partition coefficient (Wildman–Crippen LogP) is 2.64. The van der Waals surface area contributed by atoms with Crippen LogP contribution in [0.5, 0.6) is 11.8 Å². The summed E-state index contributed by atoms with van der Waals surface area (Å²) in [5, 5.41) is 0. The SMILES string of the molecule is CC#Cc1ccc(Oc2ncccn2)cc1. The number of benzene rings is 1. The first-order chi connectivity index (χ1) is 7.88. The van der Waals surface area contributed by atoms with Crippen LogP contribution in [0.15, 0.2) is 42.7 Å². The summed E-state index contributed by atoms with van der Waals surface area (Å²) in [4.78, 5) is 7.94. The van der Waals surface area contributed by atoms with E-state index in [1.807, 2.05) is 31.2 Å². The lowest BCUT2D eigenvalue weighted by Gasteiger charge is -2.02. The molecule has 3 nitrogen and oxygen atoms in total. The van der Waals surface area contributed by atoms with Crippen molar-refractivity contribution in [3.05, 3.63) is 48.3 Å². The Morgan fingerprint density at radius 2 is 1.75 bits per heavy atom. The summed E-state index contributed by atoms with van der Waals surface area (Å²) in [6.07, 6.45) is 3.28. The van der Waals surface area contributed by atoms with E-state index in [2.05, 4.69) is 21.8 Å². The Kier molecular flexibility index (Phi) is 3.15. The number of aromatic nitrogens is 2. The lowest BCUT2D eigenvalue weighted by molar-refractivity contribution is 0.442. The number of hydrogen-bond donors (Lipinski definition) is 0. The van der Waals surface area contributed by atoms with Gasteiger partial charge in [-0.3, -0.25) is 0 Å². The van der Waals surface area contributed by atoms with Crippen molar-refractivity contribution in [2.75, 3.05) is 0 Å². The van der Waals surface area contributed by atoms with Crippen LogP contribution in [-0.4, -0.2) is 9.97 Å². The van der Waals surface area contributed by atoms with Crippen molar-refractivity contribution in [1.82, 2.24) is 9.97 Å². The molecule has 0 radical (unpaired) electrons. The van der Waals surface area contributed by atoms with Gasteiger partial charge in [-0.1, -0.05) is 5.92 Å². The molecule has 0 atom stereocenters. The average molecular weight is 210 g/mol. The van der Waals surface area contributed by atoms with Crippen molar-refractivity contribution in [3.8, 4) is 23.6 Å². The van der Waals surface area contributed by atoms with Gasteiger partial charge in [0.25, 0.3) is 0 Å². The van der Waals surface area contributed by atoms with Gasteiger partial charge in [0.15, 0.2) is 0 Å². The molecule has 1 heterocycles. The maximum absolute atomic E-state index is 5.44. The van der Waals surface area contributed by atoms with Crippen LogP contribution in [0.25, 0.3) is 0 Å². The molecule has 0 saturated heterocycles. The molecule has 2 aromatic rings. The van der Waals surface area contributed by atoms with Crippen molar-refractivity contribution in [2.24, 2.45) is 0 Å².